The molecule has 6 rings (SSSR count). The second kappa shape index (κ2) is 7.95. The Kier molecular flexibility index (Phi) is 4.76. The van der Waals surface area contributed by atoms with Gasteiger partial charge in [0.15, 0.2) is 11.5 Å². The van der Waals surface area contributed by atoms with Crippen molar-refractivity contribution in [1.82, 2.24) is 15.2 Å². The monoisotopic (exact) mass is 453 g/mol. The summed E-state index contributed by atoms with van der Waals surface area (Å²) in [5.41, 5.74) is 5.49. The molecule has 2 aliphatic rings. The number of carbonyl (C=O) groups is 2. The summed E-state index contributed by atoms with van der Waals surface area (Å²) in [6.07, 6.45) is 0. The number of amides is 2. The van der Waals surface area contributed by atoms with Gasteiger partial charge in [-0.1, -0.05) is 42.5 Å². The number of aromatic amines is 1. The van der Waals surface area contributed by atoms with E-state index in [4.69, 9.17) is 9.47 Å². The number of ether oxygens (including phenoxy) is 2. The fourth-order valence-electron chi connectivity index (χ4n) is 4.96. The zero-order chi connectivity index (χ0) is 23.2. The lowest BCUT2D eigenvalue weighted by atomic mass is 9.95. The smallest absolute Gasteiger partial charge is 0.255 e. The zero-order valence-corrected chi connectivity index (χ0v) is 18.6. The average molecular weight is 453 g/mol. The molecule has 0 aliphatic carbocycles. The lowest BCUT2D eigenvalue weighted by Crippen LogP contribution is -2.39. The summed E-state index contributed by atoms with van der Waals surface area (Å²) < 4.78 is 10.8. The van der Waals surface area contributed by atoms with Gasteiger partial charge in [0.2, 0.25) is 12.7 Å². The highest BCUT2D eigenvalue weighted by Gasteiger charge is 2.40. The lowest BCUT2D eigenvalue weighted by Gasteiger charge is -2.25. The van der Waals surface area contributed by atoms with Gasteiger partial charge in [-0.25, -0.2) is 0 Å². The maximum Gasteiger partial charge on any atom is 0.255 e. The van der Waals surface area contributed by atoms with Crippen LogP contribution in [0.25, 0.3) is 10.9 Å². The van der Waals surface area contributed by atoms with Crippen LogP contribution in [0.4, 0.5) is 0 Å². The van der Waals surface area contributed by atoms with E-state index in [9.17, 15) is 9.59 Å². The van der Waals surface area contributed by atoms with Crippen molar-refractivity contribution >= 4 is 22.7 Å². The summed E-state index contributed by atoms with van der Waals surface area (Å²) in [6, 6.07) is 20.9. The summed E-state index contributed by atoms with van der Waals surface area (Å²) >= 11 is 0. The van der Waals surface area contributed by atoms with E-state index >= 15 is 0 Å². The second-order valence-electron chi connectivity index (χ2n) is 8.60. The van der Waals surface area contributed by atoms with Crippen LogP contribution >= 0.6 is 0 Å². The van der Waals surface area contributed by atoms with Gasteiger partial charge < -0.3 is 24.7 Å². The molecule has 3 heterocycles. The molecule has 0 spiro atoms. The standard InChI is InChI=1S/C27H23N3O4/c1-16-25(20-8-4-5-9-21(20)29-16)26-18-6-2-3-7-19(18)27(32)30(26)14-24(31)28-13-17-10-11-22-23(12-17)34-15-33-22/h2-12,26,29H,13-15H2,1H3,(H,28,31)/t26-/m1/s1. The summed E-state index contributed by atoms with van der Waals surface area (Å²) in [7, 11) is 0. The Morgan fingerprint density at radius 3 is 2.76 bits per heavy atom. The highest BCUT2D eigenvalue weighted by atomic mass is 16.7. The van der Waals surface area contributed by atoms with E-state index in [-0.39, 0.29) is 31.2 Å². The highest BCUT2D eigenvalue weighted by Crippen LogP contribution is 2.42. The lowest BCUT2D eigenvalue weighted by molar-refractivity contribution is -0.122. The molecule has 4 aromatic rings. The fraction of sp³-hybridized carbons (Fsp3) is 0.185. The van der Waals surface area contributed by atoms with Crippen molar-refractivity contribution in [3.8, 4) is 11.5 Å². The number of nitrogens with one attached hydrogen (secondary N) is 2. The van der Waals surface area contributed by atoms with Gasteiger partial charge >= 0.3 is 0 Å². The molecule has 170 valence electrons. The molecule has 0 unspecified atom stereocenters. The minimum absolute atomic E-state index is 0.0400. The first-order chi connectivity index (χ1) is 16.6. The molecule has 0 saturated heterocycles. The van der Waals surface area contributed by atoms with Gasteiger partial charge in [0, 0.05) is 34.3 Å². The maximum absolute atomic E-state index is 13.4. The number of benzene rings is 3. The van der Waals surface area contributed by atoms with Crippen LogP contribution in [-0.2, 0) is 11.3 Å². The maximum atomic E-state index is 13.4. The number of carbonyl (C=O) groups excluding carboxylic acids is 2. The predicted octanol–water partition coefficient (Wildman–Crippen LogP) is 4.07. The topological polar surface area (TPSA) is 83.7 Å². The van der Waals surface area contributed by atoms with E-state index in [1.807, 2.05) is 67.6 Å². The Morgan fingerprint density at radius 1 is 1.06 bits per heavy atom. The van der Waals surface area contributed by atoms with Crippen molar-refractivity contribution in [3.05, 3.63) is 94.7 Å². The fourth-order valence-corrected chi connectivity index (χ4v) is 4.96. The third-order valence-corrected chi connectivity index (χ3v) is 6.52. The molecule has 0 fully saturated rings. The van der Waals surface area contributed by atoms with Crippen LogP contribution < -0.4 is 14.8 Å². The first-order valence-corrected chi connectivity index (χ1v) is 11.2. The van der Waals surface area contributed by atoms with Crippen LogP contribution in [0.5, 0.6) is 11.5 Å². The van der Waals surface area contributed by atoms with Gasteiger partial charge in [-0.15, -0.1) is 0 Å². The molecule has 0 radical (unpaired) electrons. The molecule has 7 heteroatoms. The number of hydrogen-bond donors (Lipinski definition) is 2. The molecule has 3 aromatic carbocycles. The first kappa shape index (κ1) is 20.4. The van der Waals surface area contributed by atoms with Crippen LogP contribution in [0.15, 0.2) is 66.7 Å². The molecule has 1 aromatic heterocycles. The van der Waals surface area contributed by atoms with Gasteiger partial charge in [-0.05, 0) is 42.3 Å². The van der Waals surface area contributed by atoms with Gasteiger partial charge in [-0.3, -0.25) is 9.59 Å². The van der Waals surface area contributed by atoms with Crippen LogP contribution in [-0.4, -0.2) is 35.0 Å². The van der Waals surface area contributed by atoms with Crippen molar-refractivity contribution in [3.63, 3.8) is 0 Å². The Hall–Kier alpha value is -4.26. The normalized spacial score (nSPS) is 16.2. The number of hydrogen-bond acceptors (Lipinski definition) is 4. The van der Waals surface area contributed by atoms with E-state index in [0.717, 1.165) is 33.3 Å². The van der Waals surface area contributed by atoms with Crippen molar-refractivity contribution in [1.29, 1.82) is 0 Å². The molecule has 1 atom stereocenters. The second-order valence-corrected chi connectivity index (χ2v) is 8.60. The van der Waals surface area contributed by atoms with E-state index in [1.165, 1.54) is 0 Å². The molecule has 7 nitrogen and oxygen atoms in total. The number of H-pyrrole nitrogens is 1. The Morgan fingerprint density at radius 2 is 1.85 bits per heavy atom. The number of fused-ring (bicyclic) bond motifs is 3. The van der Waals surface area contributed by atoms with E-state index < -0.39 is 0 Å². The van der Waals surface area contributed by atoms with Gasteiger partial charge in [0.05, 0.1) is 6.04 Å². The Balaban J connectivity index is 1.28. The van der Waals surface area contributed by atoms with E-state index in [0.29, 0.717) is 23.6 Å². The van der Waals surface area contributed by atoms with Crippen LogP contribution in [0.2, 0.25) is 0 Å². The Bertz CT molecular complexity index is 1440. The van der Waals surface area contributed by atoms with E-state index in [2.05, 4.69) is 16.4 Å². The molecule has 2 N–H and O–H groups in total. The van der Waals surface area contributed by atoms with Gasteiger partial charge in [0.25, 0.3) is 5.91 Å². The largest absolute Gasteiger partial charge is 0.454 e. The van der Waals surface area contributed by atoms with Gasteiger partial charge in [-0.2, -0.15) is 0 Å². The zero-order valence-electron chi connectivity index (χ0n) is 18.6. The molecule has 0 bridgehead atoms. The van der Waals surface area contributed by atoms with Crippen molar-refractivity contribution in [2.75, 3.05) is 13.3 Å². The Labute approximate surface area is 196 Å². The van der Waals surface area contributed by atoms with Crippen LogP contribution in [0.3, 0.4) is 0 Å². The first-order valence-electron chi connectivity index (χ1n) is 11.2. The van der Waals surface area contributed by atoms with Crippen molar-refractivity contribution < 1.29 is 19.1 Å². The molecule has 0 saturated carbocycles. The number of aryl methyl sites for hydroxylation is 1. The van der Waals surface area contributed by atoms with E-state index in [1.54, 1.807) is 4.90 Å². The minimum Gasteiger partial charge on any atom is -0.454 e. The highest BCUT2D eigenvalue weighted by molar-refractivity contribution is 6.02. The quantitative estimate of drug-likeness (QED) is 0.477. The summed E-state index contributed by atoms with van der Waals surface area (Å²) in [6.45, 7) is 2.51. The average Bonchev–Trinajstić information content (AvgIpc) is 3.52. The van der Waals surface area contributed by atoms with Crippen molar-refractivity contribution in [2.24, 2.45) is 0 Å². The number of rotatable bonds is 5. The molecule has 34 heavy (non-hydrogen) atoms. The van der Waals surface area contributed by atoms with Gasteiger partial charge in [0.1, 0.15) is 6.54 Å². The SMILES string of the molecule is Cc1[nH]c2ccccc2c1[C@H]1c2ccccc2C(=O)N1CC(=O)NCc1ccc2c(c1)OCO2. The predicted molar refractivity (Wildman–Crippen MR) is 127 cm³/mol. The summed E-state index contributed by atoms with van der Waals surface area (Å²) in [5, 5.41) is 4.00. The summed E-state index contributed by atoms with van der Waals surface area (Å²) in [4.78, 5) is 31.5. The third-order valence-electron chi connectivity index (χ3n) is 6.52. The number of nitrogens with zero attached hydrogens (tertiary/aromatic N) is 1. The van der Waals surface area contributed by atoms with Crippen molar-refractivity contribution in [2.45, 2.75) is 19.5 Å². The minimum atomic E-state index is -0.337. The molecular formula is C27H23N3O4. The third kappa shape index (κ3) is 3.28. The molecular weight excluding hydrogens is 430 g/mol. The summed E-state index contributed by atoms with van der Waals surface area (Å²) in [5.74, 6) is 1.02. The van der Waals surface area contributed by atoms with Crippen LogP contribution in [0.1, 0.15) is 38.8 Å². The van der Waals surface area contributed by atoms with Crippen LogP contribution in [0, 0.1) is 6.92 Å². The molecule has 2 aliphatic heterocycles. The number of para-hydroxylation sites is 1. The number of aromatic nitrogens is 1. The molecule has 2 amide bonds.